The molecule has 0 saturated carbocycles. The number of aromatic nitrogens is 1. The Labute approximate surface area is 196 Å². The highest BCUT2D eigenvalue weighted by Crippen LogP contribution is 2.37. The first-order valence-corrected chi connectivity index (χ1v) is 12.1. The van der Waals surface area contributed by atoms with E-state index in [0.717, 1.165) is 43.8 Å². The second-order valence-corrected chi connectivity index (χ2v) is 9.74. The van der Waals surface area contributed by atoms with E-state index in [2.05, 4.69) is 4.98 Å². The first kappa shape index (κ1) is 23.3. The minimum Gasteiger partial charge on any atom is -0.493 e. The molecule has 4 rings (SSSR count). The Kier molecular flexibility index (Phi) is 7.31. The van der Waals surface area contributed by atoms with Gasteiger partial charge in [-0.2, -0.15) is 0 Å². The van der Waals surface area contributed by atoms with E-state index in [4.69, 9.17) is 4.74 Å². The van der Waals surface area contributed by atoms with Crippen LogP contribution in [0.3, 0.4) is 0 Å². The SMILES string of the molecule is Cc1cccnc1C(=O)N1CC(COc2ccccc2)C(C2CCN(C(=O)C(C)C)CC2)C1. The molecule has 0 spiro atoms. The molecule has 0 N–H and O–H groups in total. The molecule has 3 heterocycles. The first-order chi connectivity index (χ1) is 15.9. The van der Waals surface area contributed by atoms with E-state index >= 15 is 0 Å². The van der Waals surface area contributed by atoms with Crippen LogP contribution in [0.15, 0.2) is 48.7 Å². The van der Waals surface area contributed by atoms with Gasteiger partial charge in [-0.05, 0) is 55.4 Å². The van der Waals surface area contributed by atoms with Crippen LogP contribution in [0.4, 0.5) is 0 Å². The number of nitrogens with zero attached hydrogens (tertiary/aromatic N) is 3. The fourth-order valence-electron chi connectivity index (χ4n) is 5.27. The number of aryl methyl sites for hydroxylation is 1. The Bertz CT molecular complexity index is 954. The van der Waals surface area contributed by atoms with Crippen molar-refractivity contribution in [1.29, 1.82) is 0 Å². The van der Waals surface area contributed by atoms with Gasteiger partial charge in [0.05, 0.1) is 6.61 Å². The predicted octanol–water partition coefficient (Wildman–Crippen LogP) is 4.05. The summed E-state index contributed by atoms with van der Waals surface area (Å²) in [5.41, 5.74) is 1.45. The molecule has 2 atom stereocenters. The zero-order valence-corrected chi connectivity index (χ0v) is 19.9. The quantitative estimate of drug-likeness (QED) is 0.667. The van der Waals surface area contributed by atoms with Crippen LogP contribution >= 0.6 is 0 Å². The summed E-state index contributed by atoms with van der Waals surface area (Å²) in [5.74, 6) is 2.24. The molecule has 0 aliphatic carbocycles. The lowest BCUT2D eigenvalue weighted by atomic mass is 9.78. The van der Waals surface area contributed by atoms with Gasteiger partial charge in [0, 0.05) is 44.2 Å². The molecule has 2 aliphatic heterocycles. The summed E-state index contributed by atoms with van der Waals surface area (Å²) in [6, 6.07) is 13.7. The number of para-hydroxylation sites is 1. The second kappa shape index (κ2) is 10.4. The van der Waals surface area contributed by atoms with Crippen molar-refractivity contribution in [3.63, 3.8) is 0 Å². The molecule has 1 aromatic heterocycles. The zero-order chi connectivity index (χ0) is 23.4. The van der Waals surface area contributed by atoms with Gasteiger partial charge in [0.2, 0.25) is 5.91 Å². The lowest BCUT2D eigenvalue weighted by Crippen LogP contribution is -2.43. The monoisotopic (exact) mass is 449 g/mol. The minimum absolute atomic E-state index is 0.00716. The van der Waals surface area contributed by atoms with Crippen molar-refractivity contribution in [2.75, 3.05) is 32.8 Å². The molecule has 0 bridgehead atoms. The molecule has 2 aromatic rings. The average Bonchev–Trinajstić information content (AvgIpc) is 3.27. The third-order valence-corrected chi connectivity index (χ3v) is 7.15. The number of rotatable bonds is 6. The standard InChI is InChI=1S/C27H35N3O3/c1-19(2)26(31)29-14-11-21(12-15-29)24-17-30(27(32)25-20(3)8-7-13-28-25)16-22(24)18-33-23-9-5-4-6-10-23/h4-10,13,19,21-22,24H,11-12,14-18H2,1-3H3. The number of piperidine rings is 1. The minimum atomic E-state index is 0.00716. The van der Waals surface area contributed by atoms with Crippen LogP contribution in [-0.4, -0.2) is 59.4 Å². The van der Waals surface area contributed by atoms with Gasteiger partial charge in [0.15, 0.2) is 0 Å². The molecule has 6 nitrogen and oxygen atoms in total. The van der Waals surface area contributed by atoms with Gasteiger partial charge in [-0.15, -0.1) is 0 Å². The van der Waals surface area contributed by atoms with Crippen molar-refractivity contribution in [2.24, 2.45) is 23.7 Å². The number of benzene rings is 1. The van der Waals surface area contributed by atoms with Gasteiger partial charge >= 0.3 is 0 Å². The molecule has 0 radical (unpaired) electrons. The Morgan fingerprint density at radius 2 is 1.76 bits per heavy atom. The van der Waals surface area contributed by atoms with Crippen molar-refractivity contribution in [1.82, 2.24) is 14.8 Å². The fraction of sp³-hybridized carbons (Fsp3) is 0.519. The maximum absolute atomic E-state index is 13.3. The molecular weight excluding hydrogens is 414 g/mol. The van der Waals surface area contributed by atoms with E-state index in [1.807, 2.05) is 73.0 Å². The van der Waals surface area contributed by atoms with Crippen LogP contribution in [0.25, 0.3) is 0 Å². The highest BCUT2D eigenvalue weighted by atomic mass is 16.5. The van der Waals surface area contributed by atoms with Crippen LogP contribution in [0, 0.1) is 30.6 Å². The lowest BCUT2D eigenvalue weighted by molar-refractivity contribution is -0.136. The van der Waals surface area contributed by atoms with Crippen LogP contribution in [-0.2, 0) is 4.79 Å². The third-order valence-electron chi connectivity index (χ3n) is 7.15. The van der Waals surface area contributed by atoms with Gasteiger partial charge < -0.3 is 14.5 Å². The topological polar surface area (TPSA) is 62.7 Å². The van der Waals surface area contributed by atoms with Crippen LogP contribution in [0.5, 0.6) is 5.75 Å². The molecule has 33 heavy (non-hydrogen) atoms. The Hall–Kier alpha value is -2.89. The van der Waals surface area contributed by atoms with Gasteiger partial charge in [-0.3, -0.25) is 14.6 Å². The van der Waals surface area contributed by atoms with E-state index < -0.39 is 0 Å². The van der Waals surface area contributed by atoms with Crippen LogP contribution in [0.2, 0.25) is 0 Å². The Balaban J connectivity index is 1.46. The molecule has 2 amide bonds. The van der Waals surface area contributed by atoms with E-state index in [0.29, 0.717) is 30.7 Å². The molecule has 1 aromatic carbocycles. The molecular formula is C27H35N3O3. The number of carbonyl (C=O) groups is 2. The lowest BCUT2D eigenvalue weighted by Gasteiger charge is -2.37. The first-order valence-electron chi connectivity index (χ1n) is 12.1. The molecule has 2 saturated heterocycles. The van der Waals surface area contributed by atoms with E-state index in [-0.39, 0.29) is 23.7 Å². The summed E-state index contributed by atoms with van der Waals surface area (Å²) in [6.45, 7) is 9.46. The van der Waals surface area contributed by atoms with E-state index in [1.54, 1.807) is 6.20 Å². The number of amides is 2. The van der Waals surface area contributed by atoms with Crippen molar-refractivity contribution in [3.05, 3.63) is 59.9 Å². The average molecular weight is 450 g/mol. The Morgan fingerprint density at radius 1 is 1.03 bits per heavy atom. The summed E-state index contributed by atoms with van der Waals surface area (Å²) in [5, 5.41) is 0. The molecule has 176 valence electrons. The van der Waals surface area contributed by atoms with E-state index in [1.165, 1.54) is 0 Å². The number of hydrogen-bond acceptors (Lipinski definition) is 4. The van der Waals surface area contributed by atoms with E-state index in [9.17, 15) is 9.59 Å². The molecule has 6 heteroatoms. The maximum atomic E-state index is 13.3. The molecule has 2 unspecified atom stereocenters. The van der Waals surface area contributed by atoms with Crippen molar-refractivity contribution in [2.45, 2.75) is 33.6 Å². The second-order valence-electron chi connectivity index (χ2n) is 9.74. The van der Waals surface area contributed by atoms with Gasteiger partial charge in [-0.25, -0.2) is 0 Å². The van der Waals surface area contributed by atoms with Gasteiger partial charge in [-0.1, -0.05) is 38.1 Å². The Morgan fingerprint density at radius 3 is 2.42 bits per heavy atom. The third kappa shape index (κ3) is 5.37. The summed E-state index contributed by atoms with van der Waals surface area (Å²) in [7, 11) is 0. The highest BCUT2D eigenvalue weighted by Gasteiger charge is 2.42. The molecule has 2 aliphatic rings. The summed E-state index contributed by atoms with van der Waals surface area (Å²) in [6.07, 6.45) is 3.65. The highest BCUT2D eigenvalue weighted by molar-refractivity contribution is 5.93. The van der Waals surface area contributed by atoms with Crippen LogP contribution < -0.4 is 4.74 Å². The number of carbonyl (C=O) groups excluding carboxylic acids is 2. The van der Waals surface area contributed by atoms with Gasteiger partial charge in [0.25, 0.3) is 5.91 Å². The number of pyridine rings is 1. The number of hydrogen-bond donors (Lipinski definition) is 0. The van der Waals surface area contributed by atoms with Crippen molar-refractivity contribution < 1.29 is 14.3 Å². The van der Waals surface area contributed by atoms with Crippen molar-refractivity contribution in [3.8, 4) is 5.75 Å². The summed E-state index contributed by atoms with van der Waals surface area (Å²) in [4.78, 5) is 34.1. The normalized spacial score (nSPS) is 21.5. The van der Waals surface area contributed by atoms with Crippen molar-refractivity contribution >= 4 is 11.8 Å². The summed E-state index contributed by atoms with van der Waals surface area (Å²) < 4.78 is 6.14. The fourth-order valence-corrected chi connectivity index (χ4v) is 5.27. The smallest absolute Gasteiger partial charge is 0.272 e. The largest absolute Gasteiger partial charge is 0.493 e. The summed E-state index contributed by atoms with van der Waals surface area (Å²) >= 11 is 0. The zero-order valence-electron chi connectivity index (χ0n) is 19.9. The van der Waals surface area contributed by atoms with Gasteiger partial charge in [0.1, 0.15) is 11.4 Å². The number of ether oxygens (including phenoxy) is 1. The molecule has 2 fully saturated rings. The maximum Gasteiger partial charge on any atom is 0.272 e. The predicted molar refractivity (Wildman–Crippen MR) is 128 cm³/mol. The number of likely N-dealkylation sites (tertiary alicyclic amines) is 2. The van der Waals surface area contributed by atoms with Crippen LogP contribution in [0.1, 0.15) is 42.7 Å².